The van der Waals surface area contributed by atoms with Crippen LogP contribution in [0.15, 0.2) is 16.6 Å². The van der Waals surface area contributed by atoms with Gasteiger partial charge in [0.2, 0.25) is 0 Å². The molecule has 0 radical (unpaired) electrons. The average Bonchev–Trinajstić information content (AvgIpc) is 2.37. The summed E-state index contributed by atoms with van der Waals surface area (Å²) in [6.45, 7) is 5.20. The number of methoxy groups -OCH3 is 1. The van der Waals surface area contributed by atoms with E-state index >= 15 is 0 Å². The Morgan fingerprint density at radius 3 is 2.70 bits per heavy atom. The number of nitrogens with one attached hydrogen (secondary N) is 1. The largest absolute Gasteiger partial charge is 0.385 e. The van der Waals surface area contributed by atoms with Gasteiger partial charge in [-0.2, -0.15) is 0 Å². The number of nitro benzene ring substituents is 1. The Bertz CT molecular complexity index is 495. The van der Waals surface area contributed by atoms with Gasteiger partial charge >= 0.3 is 0 Å². The van der Waals surface area contributed by atoms with Crippen LogP contribution >= 0.6 is 15.9 Å². The number of hydrogen-bond donors (Lipinski definition) is 1. The second kappa shape index (κ2) is 6.99. The molecule has 0 saturated carbocycles. The van der Waals surface area contributed by atoms with Crippen molar-refractivity contribution < 1.29 is 14.1 Å². The third-order valence-corrected chi connectivity index (χ3v) is 3.58. The van der Waals surface area contributed by atoms with Crippen molar-refractivity contribution in [2.75, 3.05) is 25.6 Å². The Labute approximate surface area is 125 Å². The molecule has 112 valence electrons. The molecule has 0 bridgehead atoms. The minimum absolute atomic E-state index is 0.0925. The van der Waals surface area contributed by atoms with Crippen LogP contribution in [0.1, 0.15) is 20.3 Å². The lowest BCUT2D eigenvalue weighted by Crippen LogP contribution is -2.25. The smallest absolute Gasteiger partial charge is 0.295 e. The quantitative estimate of drug-likeness (QED) is 0.598. The molecular weight excluding hydrogens is 331 g/mol. The van der Waals surface area contributed by atoms with E-state index in [2.05, 4.69) is 21.2 Å². The van der Waals surface area contributed by atoms with E-state index < -0.39 is 10.7 Å². The van der Waals surface area contributed by atoms with Crippen LogP contribution in [0, 0.1) is 21.3 Å². The van der Waals surface area contributed by atoms with E-state index in [0.29, 0.717) is 18.8 Å². The minimum atomic E-state index is -0.652. The van der Waals surface area contributed by atoms with Gasteiger partial charge in [0.1, 0.15) is 11.5 Å². The third-order valence-electron chi connectivity index (χ3n) is 2.98. The van der Waals surface area contributed by atoms with Crippen LogP contribution in [0.4, 0.5) is 15.8 Å². The van der Waals surface area contributed by atoms with Crippen LogP contribution in [0.5, 0.6) is 0 Å². The molecule has 1 aromatic rings. The number of hydrogen-bond acceptors (Lipinski definition) is 4. The van der Waals surface area contributed by atoms with Gasteiger partial charge in [-0.05, 0) is 33.8 Å². The summed E-state index contributed by atoms with van der Waals surface area (Å²) in [5, 5.41) is 14.0. The van der Waals surface area contributed by atoms with E-state index in [1.807, 2.05) is 13.8 Å². The van der Waals surface area contributed by atoms with E-state index in [0.717, 1.165) is 12.5 Å². The predicted octanol–water partition coefficient (Wildman–Crippen LogP) is 3.97. The van der Waals surface area contributed by atoms with Gasteiger partial charge in [0.25, 0.3) is 5.69 Å². The molecule has 5 nitrogen and oxygen atoms in total. The van der Waals surface area contributed by atoms with Crippen LogP contribution in [0.3, 0.4) is 0 Å². The number of nitrogens with zero attached hydrogens (tertiary/aromatic N) is 1. The fourth-order valence-electron chi connectivity index (χ4n) is 1.63. The molecule has 0 aliphatic carbocycles. The fraction of sp³-hybridized carbons (Fsp3) is 0.538. The first-order valence-electron chi connectivity index (χ1n) is 6.13. The molecule has 0 heterocycles. The summed E-state index contributed by atoms with van der Waals surface area (Å²) in [7, 11) is 1.63. The van der Waals surface area contributed by atoms with Gasteiger partial charge in [0.15, 0.2) is 0 Å². The zero-order valence-corrected chi connectivity index (χ0v) is 13.3. The lowest BCUT2D eigenvalue weighted by molar-refractivity contribution is -0.384. The molecule has 0 fully saturated rings. The zero-order valence-electron chi connectivity index (χ0n) is 11.7. The lowest BCUT2D eigenvalue weighted by atomic mass is 9.89. The first-order chi connectivity index (χ1) is 9.26. The summed E-state index contributed by atoms with van der Waals surface area (Å²) in [5.74, 6) is -0.652. The molecule has 0 saturated heterocycles. The molecule has 0 aliphatic heterocycles. The molecule has 0 amide bonds. The zero-order chi connectivity index (χ0) is 15.3. The van der Waals surface area contributed by atoms with Crippen molar-refractivity contribution in [2.45, 2.75) is 20.3 Å². The van der Waals surface area contributed by atoms with Gasteiger partial charge in [-0.25, -0.2) is 4.39 Å². The highest BCUT2D eigenvalue weighted by Gasteiger charge is 2.21. The molecule has 0 spiro atoms. The highest BCUT2D eigenvalue weighted by molar-refractivity contribution is 9.10. The van der Waals surface area contributed by atoms with Crippen LogP contribution in [-0.2, 0) is 4.74 Å². The molecule has 1 N–H and O–H groups in total. The van der Waals surface area contributed by atoms with Gasteiger partial charge in [-0.15, -0.1) is 0 Å². The number of halogens is 2. The molecule has 0 unspecified atom stereocenters. The average molecular weight is 349 g/mol. The van der Waals surface area contributed by atoms with Gasteiger partial charge in [-0.1, -0.05) is 13.8 Å². The van der Waals surface area contributed by atoms with Crippen molar-refractivity contribution in [3.8, 4) is 0 Å². The molecular formula is C13H18BrFN2O3. The van der Waals surface area contributed by atoms with E-state index in [-0.39, 0.29) is 15.6 Å². The van der Waals surface area contributed by atoms with Crippen molar-refractivity contribution in [3.05, 3.63) is 32.5 Å². The van der Waals surface area contributed by atoms with Crippen molar-refractivity contribution in [1.82, 2.24) is 0 Å². The molecule has 0 aromatic heterocycles. The highest BCUT2D eigenvalue weighted by Crippen LogP contribution is 2.32. The maximum atomic E-state index is 13.4. The molecule has 0 aliphatic rings. The number of nitro groups is 1. The Morgan fingerprint density at radius 1 is 1.50 bits per heavy atom. The van der Waals surface area contributed by atoms with Crippen molar-refractivity contribution in [1.29, 1.82) is 0 Å². The second-order valence-electron chi connectivity index (χ2n) is 5.30. The normalized spacial score (nSPS) is 11.4. The van der Waals surface area contributed by atoms with Crippen LogP contribution < -0.4 is 5.32 Å². The van der Waals surface area contributed by atoms with Gasteiger partial charge in [0, 0.05) is 20.3 Å². The molecule has 1 rings (SSSR count). The monoisotopic (exact) mass is 348 g/mol. The number of benzene rings is 1. The van der Waals surface area contributed by atoms with E-state index in [1.54, 1.807) is 7.11 Å². The maximum absolute atomic E-state index is 13.4. The molecule has 20 heavy (non-hydrogen) atoms. The Hall–Kier alpha value is -1.21. The number of ether oxygens (including phenoxy) is 1. The van der Waals surface area contributed by atoms with Crippen molar-refractivity contribution in [3.63, 3.8) is 0 Å². The Morgan fingerprint density at radius 2 is 2.15 bits per heavy atom. The van der Waals surface area contributed by atoms with E-state index in [1.165, 1.54) is 6.07 Å². The van der Waals surface area contributed by atoms with Crippen LogP contribution in [-0.4, -0.2) is 25.2 Å². The Kier molecular flexibility index (Phi) is 5.88. The summed E-state index contributed by atoms with van der Waals surface area (Å²) in [6.07, 6.45) is 0.812. The number of anilines is 1. The summed E-state index contributed by atoms with van der Waals surface area (Å²) >= 11 is 3.03. The van der Waals surface area contributed by atoms with E-state index in [9.17, 15) is 14.5 Å². The molecule has 7 heteroatoms. The van der Waals surface area contributed by atoms with Crippen LogP contribution in [0.2, 0.25) is 0 Å². The minimum Gasteiger partial charge on any atom is -0.385 e. The van der Waals surface area contributed by atoms with E-state index in [4.69, 9.17) is 4.74 Å². The van der Waals surface area contributed by atoms with Crippen molar-refractivity contribution >= 4 is 27.3 Å². The summed E-state index contributed by atoms with van der Waals surface area (Å²) < 4.78 is 18.6. The maximum Gasteiger partial charge on any atom is 0.295 e. The topological polar surface area (TPSA) is 64.4 Å². The summed E-state index contributed by atoms with van der Waals surface area (Å²) in [5.41, 5.74) is -0.0629. The Balaban J connectivity index is 2.86. The SMILES string of the molecule is COCCC(C)(C)CNc1cc(Br)c(F)cc1[N+](=O)[O-]. The van der Waals surface area contributed by atoms with Crippen molar-refractivity contribution in [2.24, 2.45) is 5.41 Å². The summed E-state index contributed by atoms with van der Waals surface area (Å²) in [4.78, 5) is 10.3. The first-order valence-corrected chi connectivity index (χ1v) is 6.92. The second-order valence-corrected chi connectivity index (χ2v) is 6.16. The highest BCUT2D eigenvalue weighted by atomic mass is 79.9. The fourth-order valence-corrected chi connectivity index (χ4v) is 1.97. The first kappa shape index (κ1) is 16.8. The van der Waals surface area contributed by atoms with Gasteiger partial charge < -0.3 is 10.1 Å². The summed E-state index contributed by atoms with van der Waals surface area (Å²) in [6, 6.07) is 2.30. The van der Waals surface area contributed by atoms with Gasteiger partial charge in [-0.3, -0.25) is 10.1 Å². The third kappa shape index (κ3) is 4.72. The van der Waals surface area contributed by atoms with Gasteiger partial charge in [0.05, 0.1) is 15.5 Å². The number of rotatable bonds is 7. The lowest BCUT2D eigenvalue weighted by Gasteiger charge is -2.25. The standard InChI is InChI=1S/C13H18BrFN2O3/c1-13(2,4-5-20-3)8-16-11-6-9(14)10(15)7-12(11)17(18)19/h6-7,16H,4-5,8H2,1-3H3. The van der Waals surface area contributed by atoms with Crippen LogP contribution in [0.25, 0.3) is 0 Å². The molecule has 1 aromatic carbocycles. The molecule has 0 atom stereocenters. The predicted molar refractivity (Wildman–Crippen MR) is 79.5 cm³/mol.